The fraction of sp³-hybridized carbons (Fsp3) is 0.182. The van der Waals surface area contributed by atoms with Crippen LogP contribution in [0.15, 0.2) is 48.5 Å². The van der Waals surface area contributed by atoms with Gasteiger partial charge in [-0.15, -0.1) is 0 Å². The molecule has 5 rings (SSSR count). The number of nitrogens with zero attached hydrogens (tertiary/aromatic N) is 2. The molecule has 1 aliphatic rings. The van der Waals surface area contributed by atoms with E-state index in [-0.39, 0.29) is 0 Å². The Balaban J connectivity index is 1.60. The van der Waals surface area contributed by atoms with Gasteiger partial charge < -0.3 is 25.7 Å². The Kier molecular flexibility index (Phi) is 4.65. The maximum atomic E-state index is 9.73. The Morgan fingerprint density at radius 1 is 1.07 bits per heavy atom. The Morgan fingerprint density at radius 3 is 2.70 bits per heavy atom. The van der Waals surface area contributed by atoms with Crippen LogP contribution in [0.1, 0.15) is 16.8 Å². The third kappa shape index (κ3) is 3.20. The lowest BCUT2D eigenvalue weighted by Gasteiger charge is -2.12. The van der Waals surface area contributed by atoms with Crippen molar-refractivity contribution in [3.8, 4) is 11.4 Å². The predicted molar refractivity (Wildman–Crippen MR) is 120 cm³/mol. The summed E-state index contributed by atoms with van der Waals surface area (Å²) in [6.45, 7) is 3.46. The van der Waals surface area contributed by atoms with E-state index in [9.17, 15) is 10.0 Å². The largest absolute Gasteiger partial charge is 0.490 e. The van der Waals surface area contributed by atoms with Gasteiger partial charge in [-0.25, -0.2) is 9.97 Å². The molecule has 0 amide bonds. The number of nitrogens with one attached hydrogen (secondary N) is 3. The van der Waals surface area contributed by atoms with Crippen molar-refractivity contribution in [1.29, 1.82) is 0 Å². The molecule has 2 aromatic carbocycles. The Bertz CT molecular complexity index is 1220. The van der Waals surface area contributed by atoms with Gasteiger partial charge in [-0.3, -0.25) is 0 Å². The van der Waals surface area contributed by atoms with Crippen LogP contribution in [0.4, 0.5) is 11.6 Å². The molecule has 0 atom stereocenters. The highest BCUT2D eigenvalue weighted by Crippen LogP contribution is 2.34. The first kappa shape index (κ1) is 18.7. The van der Waals surface area contributed by atoms with Crippen LogP contribution in [0.5, 0.6) is 0 Å². The zero-order valence-corrected chi connectivity index (χ0v) is 16.6. The van der Waals surface area contributed by atoms with Crippen molar-refractivity contribution in [3.05, 3.63) is 65.4 Å². The van der Waals surface area contributed by atoms with Gasteiger partial charge in [0, 0.05) is 46.3 Å². The molecule has 0 spiro atoms. The van der Waals surface area contributed by atoms with Crippen LogP contribution >= 0.6 is 0 Å². The zero-order chi connectivity index (χ0) is 20.7. The maximum Gasteiger partial charge on any atom is 0.490 e. The number of aryl methyl sites for hydroxylation is 1. The van der Waals surface area contributed by atoms with Crippen molar-refractivity contribution < 1.29 is 10.0 Å². The van der Waals surface area contributed by atoms with E-state index in [1.807, 2.05) is 37.3 Å². The van der Waals surface area contributed by atoms with Crippen LogP contribution in [0.25, 0.3) is 22.3 Å². The fourth-order valence-electron chi connectivity index (χ4n) is 4.09. The summed E-state index contributed by atoms with van der Waals surface area (Å²) in [4.78, 5) is 12.9. The standard InChI is InChI=1S/C22H22BN5O2/c1-13-18(15-8-5-9-17(23(29)30)19(15)26-13)22-27-20-16(10-11-24-20)21(28-22)25-12-14-6-3-2-4-7-14/h2-9,26,29-30H,10-12H2,1H3,(H2,24,25,27,28). The van der Waals surface area contributed by atoms with Crippen molar-refractivity contribution >= 4 is 35.1 Å². The van der Waals surface area contributed by atoms with Crippen molar-refractivity contribution in [2.45, 2.75) is 19.9 Å². The quantitative estimate of drug-likeness (QED) is 0.330. The summed E-state index contributed by atoms with van der Waals surface area (Å²) >= 11 is 0. The van der Waals surface area contributed by atoms with Crippen LogP contribution < -0.4 is 16.1 Å². The Morgan fingerprint density at radius 2 is 1.90 bits per heavy atom. The third-order valence-corrected chi connectivity index (χ3v) is 5.53. The normalized spacial score (nSPS) is 12.6. The van der Waals surface area contributed by atoms with Crippen molar-refractivity contribution in [2.24, 2.45) is 0 Å². The van der Waals surface area contributed by atoms with Gasteiger partial charge in [0.15, 0.2) is 5.82 Å². The van der Waals surface area contributed by atoms with Crippen LogP contribution in [0, 0.1) is 6.92 Å². The highest BCUT2D eigenvalue weighted by atomic mass is 16.4. The summed E-state index contributed by atoms with van der Waals surface area (Å²) in [5, 5.41) is 27.2. The average Bonchev–Trinajstić information content (AvgIpc) is 3.35. The molecule has 0 saturated heterocycles. The summed E-state index contributed by atoms with van der Waals surface area (Å²) in [5.74, 6) is 2.28. The number of fused-ring (bicyclic) bond motifs is 2. The van der Waals surface area contributed by atoms with E-state index in [0.29, 0.717) is 23.3 Å². The van der Waals surface area contributed by atoms with Crippen molar-refractivity contribution in [2.75, 3.05) is 17.2 Å². The number of H-pyrrole nitrogens is 1. The van der Waals surface area contributed by atoms with Gasteiger partial charge >= 0.3 is 7.12 Å². The van der Waals surface area contributed by atoms with E-state index in [0.717, 1.165) is 46.8 Å². The summed E-state index contributed by atoms with van der Waals surface area (Å²) in [6, 6.07) is 15.7. The first-order valence-corrected chi connectivity index (χ1v) is 10.0. The average molecular weight is 399 g/mol. The van der Waals surface area contributed by atoms with E-state index in [1.54, 1.807) is 6.07 Å². The first-order valence-electron chi connectivity index (χ1n) is 10.0. The van der Waals surface area contributed by atoms with Crippen molar-refractivity contribution in [3.63, 3.8) is 0 Å². The number of aromatic nitrogens is 3. The second-order valence-electron chi connectivity index (χ2n) is 7.51. The molecule has 3 heterocycles. The molecule has 7 nitrogen and oxygen atoms in total. The molecule has 2 aromatic heterocycles. The van der Waals surface area contributed by atoms with E-state index in [1.165, 1.54) is 5.56 Å². The molecule has 8 heteroatoms. The highest BCUT2D eigenvalue weighted by Gasteiger charge is 2.24. The van der Waals surface area contributed by atoms with E-state index < -0.39 is 7.12 Å². The number of hydrogen-bond donors (Lipinski definition) is 5. The lowest BCUT2D eigenvalue weighted by atomic mass is 9.79. The van der Waals surface area contributed by atoms with Crippen LogP contribution in [0.3, 0.4) is 0 Å². The Hall–Kier alpha value is -3.36. The molecule has 150 valence electrons. The van der Waals surface area contributed by atoms with Gasteiger partial charge in [-0.05, 0) is 18.9 Å². The maximum absolute atomic E-state index is 9.73. The topological polar surface area (TPSA) is 106 Å². The molecular weight excluding hydrogens is 377 g/mol. The molecule has 0 fully saturated rings. The molecule has 0 unspecified atom stereocenters. The van der Waals surface area contributed by atoms with Gasteiger partial charge in [0.2, 0.25) is 0 Å². The lowest BCUT2D eigenvalue weighted by molar-refractivity contribution is 0.426. The number of aromatic amines is 1. The first-order chi connectivity index (χ1) is 14.6. The number of anilines is 2. The highest BCUT2D eigenvalue weighted by molar-refractivity contribution is 6.61. The summed E-state index contributed by atoms with van der Waals surface area (Å²) in [6.07, 6.45) is 0.875. The van der Waals surface area contributed by atoms with Gasteiger partial charge in [-0.1, -0.05) is 48.5 Å². The third-order valence-electron chi connectivity index (χ3n) is 5.53. The second-order valence-corrected chi connectivity index (χ2v) is 7.51. The summed E-state index contributed by atoms with van der Waals surface area (Å²) < 4.78 is 0. The molecular formula is C22H22BN5O2. The van der Waals surface area contributed by atoms with E-state index in [2.05, 4.69) is 27.8 Å². The van der Waals surface area contributed by atoms with Crippen LogP contribution in [-0.2, 0) is 13.0 Å². The molecule has 30 heavy (non-hydrogen) atoms. The van der Waals surface area contributed by atoms with Crippen LogP contribution in [-0.4, -0.2) is 38.7 Å². The van der Waals surface area contributed by atoms with E-state index >= 15 is 0 Å². The molecule has 0 radical (unpaired) electrons. The minimum absolute atomic E-state index is 0.434. The second kappa shape index (κ2) is 7.48. The van der Waals surface area contributed by atoms with Gasteiger partial charge in [0.1, 0.15) is 11.6 Å². The Labute approximate surface area is 174 Å². The minimum Gasteiger partial charge on any atom is -0.423 e. The minimum atomic E-state index is -1.55. The van der Waals surface area contributed by atoms with Crippen LogP contribution in [0.2, 0.25) is 0 Å². The smallest absolute Gasteiger partial charge is 0.423 e. The molecule has 1 aliphatic heterocycles. The summed E-state index contributed by atoms with van der Waals surface area (Å²) in [7, 11) is -1.55. The molecule has 0 saturated carbocycles. The SMILES string of the molecule is Cc1[nH]c2c(B(O)O)cccc2c1-c1nc2c(c(NCc3ccccc3)n1)CCN2. The molecule has 5 N–H and O–H groups in total. The molecule has 0 bridgehead atoms. The lowest BCUT2D eigenvalue weighted by Crippen LogP contribution is -2.30. The fourth-order valence-corrected chi connectivity index (χ4v) is 4.09. The molecule has 4 aromatic rings. The van der Waals surface area contributed by atoms with Gasteiger partial charge in [-0.2, -0.15) is 0 Å². The summed E-state index contributed by atoms with van der Waals surface area (Å²) in [5.41, 5.74) is 5.15. The van der Waals surface area contributed by atoms with Gasteiger partial charge in [0.25, 0.3) is 0 Å². The number of para-hydroxylation sites is 1. The number of rotatable bonds is 5. The van der Waals surface area contributed by atoms with E-state index in [4.69, 9.17) is 9.97 Å². The van der Waals surface area contributed by atoms with Crippen molar-refractivity contribution in [1.82, 2.24) is 15.0 Å². The van der Waals surface area contributed by atoms with Gasteiger partial charge in [0.05, 0.1) is 0 Å². The predicted octanol–water partition coefficient (Wildman–Crippen LogP) is 2.19. The number of hydrogen-bond acceptors (Lipinski definition) is 6. The zero-order valence-electron chi connectivity index (χ0n) is 16.6. The number of benzene rings is 2. The monoisotopic (exact) mass is 399 g/mol. The molecule has 0 aliphatic carbocycles.